The summed E-state index contributed by atoms with van der Waals surface area (Å²) in [5, 5.41) is 6.72. The predicted molar refractivity (Wildman–Crippen MR) is 85.5 cm³/mol. The van der Waals surface area contributed by atoms with Crippen LogP contribution in [0.4, 0.5) is 10.1 Å². The van der Waals surface area contributed by atoms with Crippen molar-refractivity contribution in [1.82, 2.24) is 5.32 Å². The molecule has 0 fully saturated rings. The Morgan fingerprint density at radius 1 is 1.10 bits per heavy atom. The third-order valence-electron chi connectivity index (χ3n) is 2.95. The Hall–Kier alpha value is -1.94. The van der Waals surface area contributed by atoms with Crippen molar-refractivity contribution in [3.05, 3.63) is 65.5 Å². The molecule has 0 amide bonds. The molecule has 0 aromatic heterocycles. The number of thiocarbonyl (C=S) groups is 1. The van der Waals surface area contributed by atoms with Crippen LogP contribution in [-0.2, 0) is 6.42 Å². The second kappa shape index (κ2) is 7.01. The maximum atomic E-state index is 13.4. The van der Waals surface area contributed by atoms with Gasteiger partial charge in [-0.05, 0) is 49.3 Å². The fourth-order valence-electron chi connectivity index (χ4n) is 1.82. The first-order valence-corrected chi connectivity index (χ1v) is 6.91. The van der Waals surface area contributed by atoms with Gasteiger partial charge in [0.15, 0.2) is 5.11 Å². The lowest BCUT2D eigenvalue weighted by molar-refractivity contribution is 0.607. The van der Waals surface area contributed by atoms with Crippen molar-refractivity contribution in [2.75, 3.05) is 11.9 Å². The summed E-state index contributed by atoms with van der Waals surface area (Å²) in [6, 6.07) is 14.8. The Labute approximate surface area is 124 Å². The summed E-state index contributed by atoms with van der Waals surface area (Å²) in [6.07, 6.45) is 0.600. The van der Waals surface area contributed by atoms with E-state index in [0.29, 0.717) is 23.6 Å². The van der Waals surface area contributed by atoms with Gasteiger partial charge in [0.05, 0.1) is 0 Å². The molecule has 0 heterocycles. The highest BCUT2D eigenvalue weighted by Crippen LogP contribution is 2.08. The van der Waals surface area contributed by atoms with E-state index in [-0.39, 0.29) is 5.82 Å². The van der Waals surface area contributed by atoms with Gasteiger partial charge >= 0.3 is 0 Å². The first kappa shape index (κ1) is 14.5. The molecule has 0 aliphatic carbocycles. The Balaban J connectivity index is 1.78. The number of anilines is 1. The zero-order valence-corrected chi connectivity index (χ0v) is 12.1. The van der Waals surface area contributed by atoms with Crippen LogP contribution in [-0.4, -0.2) is 11.7 Å². The van der Waals surface area contributed by atoms with Crippen LogP contribution >= 0.6 is 12.2 Å². The monoisotopic (exact) mass is 288 g/mol. The molecule has 0 spiro atoms. The average Bonchev–Trinajstić information content (AvgIpc) is 2.43. The van der Waals surface area contributed by atoms with E-state index >= 15 is 0 Å². The van der Waals surface area contributed by atoms with Crippen molar-refractivity contribution < 1.29 is 4.39 Å². The van der Waals surface area contributed by atoms with E-state index in [2.05, 4.69) is 10.6 Å². The fraction of sp³-hybridized carbons (Fsp3) is 0.188. The van der Waals surface area contributed by atoms with Crippen molar-refractivity contribution in [3.8, 4) is 0 Å². The third kappa shape index (κ3) is 4.31. The molecule has 0 aliphatic heterocycles. The van der Waals surface area contributed by atoms with Crippen LogP contribution in [0.25, 0.3) is 0 Å². The highest BCUT2D eigenvalue weighted by atomic mass is 32.1. The maximum Gasteiger partial charge on any atom is 0.170 e. The zero-order valence-electron chi connectivity index (χ0n) is 11.3. The Bertz CT molecular complexity index is 581. The lowest BCUT2D eigenvalue weighted by Gasteiger charge is -2.11. The summed E-state index contributed by atoms with van der Waals surface area (Å²) in [6.45, 7) is 2.63. The first-order valence-electron chi connectivity index (χ1n) is 6.50. The largest absolute Gasteiger partial charge is 0.362 e. The fourth-order valence-corrected chi connectivity index (χ4v) is 2.04. The van der Waals surface area contributed by atoms with Crippen LogP contribution in [0.1, 0.15) is 11.1 Å². The van der Waals surface area contributed by atoms with E-state index in [1.54, 1.807) is 12.1 Å². The molecule has 2 N–H and O–H groups in total. The number of hydrogen-bond acceptors (Lipinski definition) is 1. The van der Waals surface area contributed by atoms with Crippen LogP contribution < -0.4 is 10.6 Å². The van der Waals surface area contributed by atoms with Gasteiger partial charge < -0.3 is 10.6 Å². The van der Waals surface area contributed by atoms with Crippen molar-refractivity contribution in [1.29, 1.82) is 0 Å². The Morgan fingerprint density at radius 2 is 1.80 bits per heavy atom. The van der Waals surface area contributed by atoms with Gasteiger partial charge in [-0.2, -0.15) is 0 Å². The van der Waals surface area contributed by atoms with Gasteiger partial charge in [-0.1, -0.05) is 35.9 Å². The smallest absolute Gasteiger partial charge is 0.170 e. The molecule has 20 heavy (non-hydrogen) atoms. The summed E-state index contributed by atoms with van der Waals surface area (Å²) in [4.78, 5) is 0. The van der Waals surface area contributed by atoms with Crippen molar-refractivity contribution in [3.63, 3.8) is 0 Å². The number of halogens is 1. The standard InChI is InChI=1S/C16H17FN2S/c1-12-6-8-14(9-7-12)19-16(20)18-11-10-13-4-2-3-5-15(13)17/h2-9H,10-11H2,1H3,(H2,18,19,20). The summed E-state index contributed by atoms with van der Waals surface area (Å²) in [5.74, 6) is -0.174. The molecule has 2 aromatic rings. The van der Waals surface area contributed by atoms with E-state index in [1.165, 1.54) is 11.6 Å². The second-order valence-corrected chi connectivity index (χ2v) is 5.00. The average molecular weight is 288 g/mol. The van der Waals surface area contributed by atoms with Gasteiger partial charge in [0.25, 0.3) is 0 Å². The van der Waals surface area contributed by atoms with E-state index in [1.807, 2.05) is 37.3 Å². The van der Waals surface area contributed by atoms with Gasteiger partial charge in [0.2, 0.25) is 0 Å². The molecule has 2 rings (SSSR count). The molecule has 0 aliphatic rings. The third-order valence-corrected chi connectivity index (χ3v) is 3.19. The molecule has 2 aromatic carbocycles. The molecule has 0 atom stereocenters. The van der Waals surface area contributed by atoms with Gasteiger partial charge in [0, 0.05) is 12.2 Å². The van der Waals surface area contributed by atoms with Crippen molar-refractivity contribution >= 4 is 23.0 Å². The van der Waals surface area contributed by atoms with Crippen LogP contribution in [0.5, 0.6) is 0 Å². The number of hydrogen-bond donors (Lipinski definition) is 2. The van der Waals surface area contributed by atoms with Crippen molar-refractivity contribution in [2.24, 2.45) is 0 Å². The second-order valence-electron chi connectivity index (χ2n) is 4.59. The van der Waals surface area contributed by atoms with E-state index in [0.717, 1.165) is 5.69 Å². The summed E-state index contributed by atoms with van der Waals surface area (Å²) in [5.41, 5.74) is 2.84. The summed E-state index contributed by atoms with van der Waals surface area (Å²) in [7, 11) is 0. The number of aryl methyl sites for hydroxylation is 1. The topological polar surface area (TPSA) is 24.1 Å². The summed E-state index contributed by atoms with van der Waals surface area (Å²) >= 11 is 5.20. The van der Waals surface area contributed by atoms with E-state index in [9.17, 15) is 4.39 Å². The lowest BCUT2D eigenvalue weighted by Crippen LogP contribution is -2.30. The van der Waals surface area contributed by atoms with Crippen LogP contribution in [0.2, 0.25) is 0 Å². The normalized spacial score (nSPS) is 10.1. The Morgan fingerprint density at radius 3 is 2.50 bits per heavy atom. The van der Waals surface area contributed by atoms with Gasteiger partial charge in [-0.3, -0.25) is 0 Å². The molecule has 2 nitrogen and oxygen atoms in total. The van der Waals surface area contributed by atoms with Gasteiger partial charge in [0.1, 0.15) is 5.82 Å². The van der Waals surface area contributed by atoms with E-state index in [4.69, 9.17) is 12.2 Å². The van der Waals surface area contributed by atoms with Gasteiger partial charge in [-0.25, -0.2) is 4.39 Å². The minimum atomic E-state index is -0.174. The highest BCUT2D eigenvalue weighted by molar-refractivity contribution is 7.80. The number of nitrogens with one attached hydrogen (secondary N) is 2. The van der Waals surface area contributed by atoms with Crippen LogP contribution in [0.15, 0.2) is 48.5 Å². The quantitative estimate of drug-likeness (QED) is 0.840. The summed E-state index contributed by atoms with van der Waals surface area (Å²) < 4.78 is 13.4. The van der Waals surface area contributed by atoms with Crippen LogP contribution in [0, 0.1) is 12.7 Å². The maximum absolute atomic E-state index is 13.4. The van der Waals surface area contributed by atoms with Crippen LogP contribution in [0.3, 0.4) is 0 Å². The van der Waals surface area contributed by atoms with E-state index < -0.39 is 0 Å². The van der Waals surface area contributed by atoms with Crippen molar-refractivity contribution in [2.45, 2.75) is 13.3 Å². The Kier molecular flexibility index (Phi) is 5.07. The molecule has 0 bridgehead atoms. The number of rotatable bonds is 4. The number of benzene rings is 2. The molecule has 0 saturated heterocycles. The molecule has 0 radical (unpaired) electrons. The minimum absolute atomic E-state index is 0.174. The molecular weight excluding hydrogens is 271 g/mol. The first-order chi connectivity index (χ1) is 9.65. The predicted octanol–water partition coefficient (Wildman–Crippen LogP) is 3.66. The molecule has 0 saturated carbocycles. The highest BCUT2D eigenvalue weighted by Gasteiger charge is 2.01. The van der Waals surface area contributed by atoms with Gasteiger partial charge in [-0.15, -0.1) is 0 Å². The molecular formula is C16H17FN2S. The molecule has 4 heteroatoms. The molecule has 104 valence electrons. The zero-order chi connectivity index (χ0) is 14.4. The minimum Gasteiger partial charge on any atom is -0.362 e. The lowest BCUT2D eigenvalue weighted by atomic mass is 10.1. The molecule has 0 unspecified atom stereocenters. The SMILES string of the molecule is Cc1ccc(NC(=S)NCCc2ccccc2F)cc1.